The predicted molar refractivity (Wildman–Crippen MR) is 48.3 cm³/mol. The minimum Gasteiger partial charge on any atom is -0.397 e. The van der Waals surface area contributed by atoms with E-state index < -0.39 is 23.8 Å². The highest BCUT2D eigenvalue weighted by Gasteiger charge is 2.63. The van der Waals surface area contributed by atoms with E-state index in [1.54, 1.807) is 0 Å². The Balaban J connectivity index is 2.83. The van der Waals surface area contributed by atoms with Crippen LogP contribution in [0.2, 0.25) is 0 Å². The smallest absolute Gasteiger partial charge is 0.397 e. The maximum absolute atomic E-state index is 12.5. The number of amides is 1. The average molecular weight is 255 g/mol. The van der Waals surface area contributed by atoms with Gasteiger partial charge in [0.05, 0.1) is 11.9 Å². The fourth-order valence-electron chi connectivity index (χ4n) is 0.803. The van der Waals surface area contributed by atoms with E-state index in [1.807, 2.05) is 0 Å². The van der Waals surface area contributed by atoms with Gasteiger partial charge in [-0.15, -0.1) is 0 Å². The van der Waals surface area contributed by atoms with Crippen molar-refractivity contribution in [1.29, 1.82) is 0 Å². The number of nitrogens with zero attached hydrogens (tertiary/aromatic N) is 1. The van der Waals surface area contributed by atoms with Crippen molar-refractivity contribution >= 4 is 17.4 Å². The van der Waals surface area contributed by atoms with Gasteiger partial charge < -0.3 is 11.1 Å². The Morgan fingerprint density at radius 3 is 2.24 bits per heavy atom. The van der Waals surface area contributed by atoms with Gasteiger partial charge in [0.1, 0.15) is 5.82 Å². The van der Waals surface area contributed by atoms with Crippen LogP contribution in [-0.2, 0) is 4.79 Å². The molecule has 0 saturated heterocycles. The summed E-state index contributed by atoms with van der Waals surface area (Å²) in [6, 6.07) is 2.19. The van der Waals surface area contributed by atoms with Gasteiger partial charge in [0, 0.05) is 0 Å². The Morgan fingerprint density at radius 1 is 1.24 bits per heavy atom. The number of anilines is 2. The van der Waals surface area contributed by atoms with E-state index in [4.69, 9.17) is 5.73 Å². The molecule has 0 radical (unpaired) electrons. The van der Waals surface area contributed by atoms with Crippen LogP contribution in [0.4, 0.5) is 33.5 Å². The predicted octanol–water partition coefficient (Wildman–Crippen LogP) is 1.80. The van der Waals surface area contributed by atoms with Crippen molar-refractivity contribution in [2.75, 3.05) is 11.1 Å². The summed E-state index contributed by atoms with van der Waals surface area (Å²) in [6.07, 6.45) is -4.95. The molecule has 0 aliphatic carbocycles. The van der Waals surface area contributed by atoms with Crippen molar-refractivity contribution in [3.63, 3.8) is 0 Å². The number of nitrogens with two attached hydrogens (primary N) is 1. The lowest BCUT2D eigenvalue weighted by Gasteiger charge is -2.18. The Morgan fingerprint density at radius 2 is 1.82 bits per heavy atom. The van der Waals surface area contributed by atoms with Gasteiger partial charge in [0.25, 0.3) is 0 Å². The number of hydrogen-bond acceptors (Lipinski definition) is 3. The van der Waals surface area contributed by atoms with Gasteiger partial charge in [0.2, 0.25) is 0 Å². The van der Waals surface area contributed by atoms with E-state index in [2.05, 4.69) is 4.98 Å². The zero-order valence-electron chi connectivity index (χ0n) is 8.05. The summed E-state index contributed by atoms with van der Waals surface area (Å²) in [5.41, 5.74) is 5.38. The van der Waals surface area contributed by atoms with Crippen LogP contribution in [0.25, 0.3) is 0 Å². The zero-order valence-corrected chi connectivity index (χ0v) is 8.05. The molecular formula is C8H6F5N3O. The van der Waals surface area contributed by atoms with Crippen molar-refractivity contribution < 1.29 is 26.7 Å². The van der Waals surface area contributed by atoms with Gasteiger partial charge in [0.15, 0.2) is 0 Å². The first-order valence-electron chi connectivity index (χ1n) is 4.12. The summed E-state index contributed by atoms with van der Waals surface area (Å²) in [6.45, 7) is 0. The van der Waals surface area contributed by atoms with Crippen LogP contribution in [0.3, 0.4) is 0 Å². The first-order chi connectivity index (χ1) is 7.64. The molecule has 0 aliphatic rings. The fourth-order valence-corrected chi connectivity index (χ4v) is 0.803. The number of alkyl halides is 5. The number of rotatable bonds is 2. The third-order valence-corrected chi connectivity index (χ3v) is 1.67. The van der Waals surface area contributed by atoms with Crippen molar-refractivity contribution in [3.05, 3.63) is 18.3 Å². The molecule has 0 saturated carbocycles. The van der Waals surface area contributed by atoms with E-state index in [9.17, 15) is 26.7 Å². The first kappa shape index (κ1) is 13.1. The number of carbonyl (C=O) groups is 1. The Hall–Kier alpha value is -1.93. The summed E-state index contributed by atoms with van der Waals surface area (Å²) >= 11 is 0. The number of hydrogen-bond donors (Lipinski definition) is 2. The van der Waals surface area contributed by atoms with Crippen LogP contribution in [0, 0.1) is 0 Å². The van der Waals surface area contributed by atoms with Crippen molar-refractivity contribution in [2.45, 2.75) is 12.1 Å². The van der Waals surface area contributed by atoms with Gasteiger partial charge in [-0.25, -0.2) is 4.98 Å². The summed E-state index contributed by atoms with van der Waals surface area (Å²) in [7, 11) is 0. The third kappa shape index (κ3) is 2.80. The summed E-state index contributed by atoms with van der Waals surface area (Å²) in [5.74, 6) is -8.42. The van der Waals surface area contributed by atoms with E-state index in [1.165, 1.54) is 11.4 Å². The van der Waals surface area contributed by atoms with Gasteiger partial charge in [-0.05, 0) is 12.1 Å². The highest BCUT2D eigenvalue weighted by molar-refractivity contribution is 5.96. The number of pyridine rings is 1. The lowest BCUT2D eigenvalue weighted by molar-refractivity contribution is -0.267. The average Bonchev–Trinajstić information content (AvgIpc) is 2.19. The number of carbonyl (C=O) groups excluding carboxylic acids is 1. The second-order valence-corrected chi connectivity index (χ2v) is 3.00. The molecule has 17 heavy (non-hydrogen) atoms. The van der Waals surface area contributed by atoms with E-state index >= 15 is 0 Å². The number of nitrogen functional groups attached to an aromatic ring is 1. The second-order valence-electron chi connectivity index (χ2n) is 3.00. The molecule has 0 bridgehead atoms. The molecule has 94 valence electrons. The van der Waals surface area contributed by atoms with Crippen LogP contribution in [0.1, 0.15) is 0 Å². The van der Waals surface area contributed by atoms with Crippen LogP contribution < -0.4 is 11.1 Å². The second kappa shape index (κ2) is 4.15. The summed E-state index contributed by atoms with van der Waals surface area (Å²) < 4.78 is 60.4. The molecule has 1 aromatic heterocycles. The van der Waals surface area contributed by atoms with Crippen LogP contribution in [0.15, 0.2) is 18.3 Å². The molecule has 0 unspecified atom stereocenters. The van der Waals surface area contributed by atoms with Crippen LogP contribution in [0.5, 0.6) is 0 Å². The van der Waals surface area contributed by atoms with E-state index in [0.717, 1.165) is 12.3 Å². The van der Waals surface area contributed by atoms with Gasteiger partial charge in [-0.3, -0.25) is 4.79 Å². The maximum atomic E-state index is 12.5. The molecule has 4 nitrogen and oxygen atoms in total. The fraction of sp³-hybridized carbons (Fsp3) is 0.250. The highest BCUT2D eigenvalue weighted by Crippen LogP contribution is 2.36. The largest absolute Gasteiger partial charge is 0.463 e. The Bertz CT molecular complexity index is 414. The Kier molecular flexibility index (Phi) is 3.21. The zero-order chi connectivity index (χ0) is 13.3. The standard InChI is InChI=1S/C8H6F5N3O/c9-7(10,8(11,12)13)6(17)16-5-2-1-4(14)3-15-5/h1-3H,14H2,(H,15,16,17). The molecule has 0 atom stereocenters. The highest BCUT2D eigenvalue weighted by atomic mass is 19.4. The lowest BCUT2D eigenvalue weighted by Crippen LogP contribution is -2.47. The molecule has 1 heterocycles. The van der Waals surface area contributed by atoms with Crippen LogP contribution >= 0.6 is 0 Å². The molecule has 0 spiro atoms. The lowest BCUT2D eigenvalue weighted by atomic mass is 10.3. The normalized spacial score (nSPS) is 12.3. The molecular weight excluding hydrogens is 249 g/mol. The number of nitrogens with one attached hydrogen (secondary N) is 1. The van der Waals surface area contributed by atoms with Crippen LogP contribution in [-0.4, -0.2) is 23.0 Å². The molecule has 1 aromatic rings. The number of halogens is 5. The first-order valence-corrected chi connectivity index (χ1v) is 4.12. The molecule has 1 amide bonds. The van der Waals surface area contributed by atoms with Gasteiger partial charge in [-0.1, -0.05) is 0 Å². The number of aromatic nitrogens is 1. The monoisotopic (exact) mass is 255 g/mol. The molecule has 1 rings (SSSR count). The van der Waals surface area contributed by atoms with E-state index in [-0.39, 0.29) is 5.69 Å². The maximum Gasteiger partial charge on any atom is 0.463 e. The Labute approximate surface area is 91.6 Å². The van der Waals surface area contributed by atoms with Gasteiger partial charge >= 0.3 is 18.0 Å². The molecule has 0 aliphatic heterocycles. The SMILES string of the molecule is Nc1ccc(NC(=O)C(F)(F)C(F)(F)F)nc1. The molecule has 0 fully saturated rings. The molecule has 0 aromatic carbocycles. The van der Waals surface area contributed by atoms with Crippen molar-refractivity contribution in [3.8, 4) is 0 Å². The van der Waals surface area contributed by atoms with E-state index in [0.29, 0.717) is 0 Å². The molecule has 9 heteroatoms. The summed E-state index contributed by atoms with van der Waals surface area (Å²) in [4.78, 5) is 14.1. The molecule has 3 N–H and O–H groups in total. The van der Waals surface area contributed by atoms with Gasteiger partial charge in [-0.2, -0.15) is 22.0 Å². The van der Waals surface area contributed by atoms with Crippen molar-refractivity contribution in [1.82, 2.24) is 4.98 Å². The third-order valence-electron chi connectivity index (χ3n) is 1.67. The van der Waals surface area contributed by atoms with Crippen molar-refractivity contribution in [2.24, 2.45) is 0 Å². The topological polar surface area (TPSA) is 68.0 Å². The minimum absolute atomic E-state index is 0.172. The quantitative estimate of drug-likeness (QED) is 0.792. The minimum atomic E-state index is -5.95. The summed E-state index contributed by atoms with van der Waals surface area (Å²) in [5, 5.41) is 1.34.